The molecule has 42 valence electrons. The predicted molar refractivity (Wildman–Crippen MR) is 27.0 cm³/mol. The highest BCUT2D eigenvalue weighted by Crippen LogP contribution is 1.85. The Morgan fingerprint density at radius 2 is 2.25 bits per heavy atom. The molecule has 0 fully saturated rings. The van der Waals surface area contributed by atoms with Crippen molar-refractivity contribution in [3.8, 4) is 0 Å². The molecule has 8 heavy (non-hydrogen) atoms. The fraction of sp³-hybridized carbons (Fsp3) is 0. The highest BCUT2D eigenvalue weighted by molar-refractivity contribution is 5.98. The first kappa shape index (κ1) is 6.66. The maximum atomic E-state index is 9.79. The Morgan fingerprint density at radius 3 is 2.25 bits per heavy atom. The van der Waals surface area contributed by atoms with Gasteiger partial charge < -0.3 is 5.11 Å². The van der Waals surface area contributed by atoms with E-state index in [-0.39, 0.29) is 0 Å². The lowest BCUT2D eigenvalue weighted by atomic mass is 10.3. The molecule has 0 heterocycles. The second-order valence-corrected chi connectivity index (χ2v) is 1.03. The summed E-state index contributed by atoms with van der Waals surface area (Å²) in [6.07, 6.45) is 0.940. The van der Waals surface area contributed by atoms with Crippen LogP contribution in [0.4, 0.5) is 0 Å². The molecule has 0 bridgehead atoms. The van der Waals surface area contributed by atoms with E-state index in [4.69, 9.17) is 5.11 Å². The van der Waals surface area contributed by atoms with Crippen LogP contribution in [-0.4, -0.2) is 17.0 Å². The van der Waals surface area contributed by atoms with E-state index in [1.807, 2.05) is 0 Å². The highest BCUT2D eigenvalue weighted by atomic mass is 16.4. The Balaban J connectivity index is 4.37. The molecule has 3 heteroatoms. The van der Waals surface area contributed by atoms with Gasteiger partial charge in [-0.05, 0) is 6.08 Å². The number of rotatable bonds is 2. The van der Waals surface area contributed by atoms with E-state index in [2.05, 4.69) is 6.58 Å². The SMILES string of the molecule is C=CC(=C=O)C(=O)O. The lowest BCUT2D eigenvalue weighted by Crippen LogP contribution is -1.96. The fourth-order valence-electron chi connectivity index (χ4n) is 0.173. The van der Waals surface area contributed by atoms with Crippen LogP contribution in [0.1, 0.15) is 0 Å². The molecule has 3 nitrogen and oxygen atoms in total. The molecule has 0 saturated heterocycles. The van der Waals surface area contributed by atoms with E-state index in [1.54, 1.807) is 0 Å². The summed E-state index contributed by atoms with van der Waals surface area (Å²) in [4.78, 5) is 19.4. The van der Waals surface area contributed by atoms with Gasteiger partial charge >= 0.3 is 5.97 Å². The Kier molecular flexibility index (Phi) is 2.31. The van der Waals surface area contributed by atoms with E-state index >= 15 is 0 Å². The van der Waals surface area contributed by atoms with Gasteiger partial charge in [0, 0.05) is 0 Å². The standard InChI is InChI=1S/C5H4O3/c1-2-4(3-6)5(7)8/h2H,1H2,(H,7,8). The molecule has 0 spiro atoms. The molecule has 0 aromatic rings. The summed E-state index contributed by atoms with van der Waals surface area (Å²) in [6.45, 7) is 3.07. The number of carbonyl (C=O) groups excluding carboxylic acids is 1. The van der Waals surface area contributed by atoms with Crippen molar-refractivity contribution in [2.24, 2.45) is 0 Å². The molecule has 0 atom stereocenters. The average molecular weight is 112 g/mol. The van der Waals surface area contributed by atoms with Crippen molar-refractivity contribution in [2.75, 3.05) is 0 Å². The molecule has 0 aliphatic heterocycles. The number of aliphatic carboxylic acids is 1. The van der Waals surface area contributed by atoms with Crippen LogP contribution in [0.3, 0.4) is 0 Å². The first-order valence-electron chi connectivity index (χ1n) is 1.83. The second-order valence-electron chi connectivity index (χ2n) is 1.03. The minimum Gasteiger partial charge on any atom is -0.477 e. The largest absolute Gasteiger partial charge is 0.477 e. The molecule has 0 aliphatic rings. The van der Waals surface area contributed by atoms with Crippen molar-refractivity contribution in [2.45, 2.75) is 0 Å². The van der Waals surface area contributed by atoms with Gasteiger partial charge in [-0.2, -0.15) is 0 Å². The quantitative estimate of drug-likeness (QED) is 0.311. The third-order valence-corrected chi connectivity index (χ3v) is 0.544. The summed E-state index contributed by atoms with van der Waals surface area (Å²) in [5.74, 6) is -0.0961. The number of hydrogen-bond donors (Lipinski definition) is 1. The van der Waals surface area contributed by atoms with Gasteiger partial charge in [0.25, 0.3) is 0 Å². The number of hydrogen-bond acceptors (Lipinski definition) is 2. The summed E-state index contributed by atoms with van der Waals surface area (Å²) in [5.41, 5.74) is -0.440. The lowest BCUT2D eigenvalue weighted by Gasteiger charge is -1.79. The second kappa shape index (κ2) is 2.77. The Bertz CT molecular complexity index is 163. The topological polar surface area (TPSA) is 54.4 Å². The minimum absolute atomic E-state index is 0.440. The number of carboxylic acid groups (broad SMARTS) is 1. The molecule has 0 aromatic carbocycles. The van der Waals surface area contributed by atoms with Gasteiger partial charge in [0.1, 0.15) is 11.5 Å². The number of carbonyl (C=O) groups is 1. The van der Waals surface area contributed by atoms with Crippen LogP contribution >= 0.6 is 0 Å². The first-order valence-corrected chi connectivity index (χ1v) is 1.83. The molecule has 0 radical (unpaired) electrons. The smallest absolute Gasteiger partial charge is 0.346 e. The van der Waals surface area contributed by atoms with E-state index in [0.29, 0.717) is 0 Å². The van der Waals surface area contributed by atoms with E-state index in [9.17, 15) is 9.59 Å². The Hall–Kier alpha value is -1.34. The molecule has 0 amide bonds. The van der Waals surface area contributed by atoms with Crippen LogP contribution in [0.25, 0.3) is 0 Å². The van der Waals surface area contributed by atoms with Crippen LogP contribution < -0.4 is 0 Å². The monoisotopic (exact) mass is 112 g/mol. The summed E-state index contributed by atoms with van der Waals surface area (Å²) >= 11 is 0. The van der Waals surface area contributed by atoms with Crippen molar-refractivity contribution >= 4 is 11.9 Å². The van der Waals surface area contributed by atoms with Crippen molar-refractivity contribution in [3.05, 3.63) is 18.2 Å². The van der Waals surface area contributed by atoms with Gasteiger partial charge in [-0.1, -0.05) is 6.58 Å². The molecule has 0 unspecified atom stereocenters. The average Bonchev–Trinajstić information content (AvgIpc) is 1.69. The van der Waals surface area contributed by atoms with Gasteiger partial charge in [0.05, 0.1) is 0 Å². The van der Waals surface area contributed by atoms with Crippen molar-refractivity contribution < 1.29 is 14.7 Å². The lowest BCUT2D eigenvalue weighted by molar-refractivity contribution is -0.132. The van der Waals surface area contributed by atoms with Crippen molar-refractivity contribution in [3.63, 3.8) is 0 Å². The zero-order valence-electron chi connectivity index (χ0n) is 4.05. The van der Waals surface area contributed by atoms with Crippen LogP contribution in [0, 0.1) is 0 Å². The fourth-order valence-corrected chi connectivity index (χ4v) is 0.173. The predicted octanol–water partition coefficient (Wildman–Crippen LogP) is 0.0150. The Morgan fingerprint density at radius 1 is 1.75 bits per heavy atom. The molecule has 0 aliphatic carbocycles. The first-order chi connectivity index (χ1) is 3.72. The van der Waals surface area contributed by atoms with Crippen LogP contribution in [-0.2, 0) is 9.59 Å². The zero-order valence-corrected chi connectivity index (χ0v) is 4.05. The Labute approximate surface area is 45.9 Å². The number of carboxylic acids is 1. The van der Waals surface area contributed by atoms with Gasteiger partial charge in [0.15, 0.2) is 0 Å². The van der Waals surface area contributed by atoms with Crippen molar-refractivity contribution in [1.82, 2.24) is 0 Å². The van der Waals surface area contributed by atoms with Gasteiger partial charge in [-0.3, -0.25) is 0 Å². The van der Waals surface area contributed by atoms with E-state index in [1.165, 1.54) is 5.94 Å². The maximum absolute atomic E-state index is 9.79. The van der Waals surface area contributed by atoms with Crippen LogP contribution in [0.5, 0.6) is 0 Å². The zero-order chi connectivity index (χ0) is 6.57. The molecule has 0 saturated carbocycles. The summed E-state index contributed by atoms with van der Waals surface area (Å²) in [7, 11) is 0. The van der Waals surface area contributed by atoms with Gasteiger partial charge in [-0.25, -0.2) is 9.59 Å². The molecule has 1 N–H and O–H groups in total. The normalized spacial score (nSPS) is 7.00. The molecule has 0 rings (SSSR count). The summed E-state index contributed by atoms with van der Waals surface area (Å²) in [5, 5.41) is 8.00. The molecular weight excluding hydrogens is 108 g/mol. The highest BCUT2D eigenvalue weighted by Gasteiger charge is 1.99. The van der Waals surface area contributed by atoms with Crippen molar-refractivity contribution in [1.29, 1.82) is 0 Å². The summed E-state index contributed by atoms with van der Waals surface area (Å²) in [6, 6.07) is 0. The minimum atomic E-state index is -1.30. The maximum Gasteiger partial charge on any atom is 0.346 e. The van der Waals surface area contributed by atoms with Gasteiger partial charge in [0.2, 0.25) is 0 Å². The summed E-state index contributed by atoms with van der Waals surface area (Å²) < 4.78 is 0. The van der Waals surface area contributed by atoms with Crippen LogP contribution in [0.15, 0.2) is 18.2 Å². The van der Waals surface area contributed by atoms with Gasteiger partial charge in [-0.15, -0.1) is 0 Å². The van der Waals surface area contributed by atoms with Crippen LogP contribution in [0.2, 0.25) is 0 Å². The third-order valence-electron chi connectivity index (χ3n) is 0.544. The van der Waals surface area contributed by atoms with E-state index < -0.39 is 11.5 Å². The third kappa shape index (κ3) is 1.41. The molecular formula is C5H4O3. The molecule has 0 aromatic heterocycles. The van der Waals surface area contributed by atoms with E-state index in [0.717, 1.165) is 6.08 Å².